The van der Waals surface area contributed by atoms with Gasteiger partial charge in [0.1, 0.15) is 17.5 Å². The van der Waals surface area contributed by atoms with E-state index in [9.17, 15) is 24.6 Å². The SMILES string of the molecule is COC(=O)[C@H](Cc1ccc(O)cc1)NC(=O)c1cc(C(=O)O)c2cc(/C=C/C(C)(C)C)ccc2n1. The molecule has 0 spiro atoms. The number of esters is 1. The lowest BCUT2D eigenvalue weighted by molar-refractivity contribution is -0.142. The first-order chi connectivity index (χ1) is 16.5. The Labute approximate surface area is 203 Å². The largest absolute Gasteiger partial charge is 0.508 e. The van der Waals surface area contributed by atoms with Crippen LogP contribution in [0.5, 0.6) is 5.75 Å². The molecule has 182 valence electrons. The van der Waals surface area contributed by atoms with Crippen molar-refractivity contribution in [2.45, 2.75) is 33.2 Å². The lowest BCUT2D eigenvalue weighted by Gasteiger charge is -2.17. The van der Waals surface area contributed by atoms with Crippen LogP contribution in [-0.2, 0) is 16.0 Å². The summed E-state index contributed by atoms with van der Waals surface area (Å²) in [5.41, 5.74) is 1.60. The Balaban J connectivity index is 1.93. The zero-order valence-corrected chi connectivity index (χ0v) is 20.0. The third-order valence-electron chi connectivity index (χ3n) is 5.24. The summed E-state index contributed by atoms with van der Waals surface area (Å²) in [6.45, 7) is 6.18. The second-order valence-electron chi connectivity index (χ2n) is 9.26. The summed E-state index contributed by atoms with van der Waals surface area (Å²) in [5.74, 6) is -2.50. The van der Waals surface area contributed by atoms with Gasteiger partial charge >= 0.3 is 11.9 Å². The summed E-state index contributed by atoms with van der Waals surface area (Å²) in [5, 5.41) is 22.2. The number of carboxylic acid groups (broad SMARTS) is 1. The monoisotopic (exact) mass is 476 g/mol. The van der Waals surface area contributed by atoms with Crippen molar-refractivity contribution in [2.75, 3.05) is 7.11 Å². The van der Waals surface area contributed by atoms with Gasteiger partial charge in [-0.25, -0.2) is 14.6 Å². The van der Waals surface area contributed by atoms with Crippen molar-refractivity contribution in [3.63, 3.8) is 0 Å². The Morgan fingerprint density at radius 1 is 1.09 bits per heavy atom. The number of hydrogen-bond acceptors (Lipinski definition) is 6. The fourth-order valence-electron chi connectivity index (χ4n) is 3.42. The number of ether oxygens (including phenoxy) is 1. The number of methoxy groups -OCH3 is 1. The van der Waals surface area contributed by atoms with E-state index in [1.807, 2.05) is 12.2 Å². The van der Waals surface area contributed by atoms with Gasteiger partial charge in [-0.15, -0.1) is 0 Å². The number of rotatable bonds is 7. The first kappa shape index (κ1) is 25.4. The van der Waals surface area contributed by atoms with Crippen molar-refractivity contribution in [1.82, 2.24) is 10.3 Å². The van der Waals surface area contributed by atoms with Gasteiger partial charge in [-0.1, -0.05) is 51.1 Å². The Morgan fingerprint density at radius 3 is 2.37 bits per heavy atom. The van der Waals surface area contributed by atoms with Crippen molar-refractivity contribution in [3.05, 3.63) is 77.0 Å². The van der Waals surface area contributed by atoms with Gasteiger partial charge in [0.05, 0.1) is 18.2 Å². The lowest BCUT2D eigenvalue weighted by atomic mass is 9.95. The number of carboxylic acids is 1. The number of pyridine rings is 1. The van der Waals surface area contributed by atoms with Crippen molar-refractivity contribution in [1.29, 1.82) is 0 Å². The highest BCUT2D eigenvalue weighted by molar-refractivity contribution is 6.06. The Bertz CT molecular complexity index is 1290. The number of aromatic carboxylic acids is 1. The van der Waals surface area contributed by atoms with E-state index >= 15 is 0 Å². The van der Waals surface area contributed by atoms with Crippen LogP contribution in [0.15, 0.2) is 54.6 Å². The zero-order valence-electron chi connectivity index (χ0n) is 20.0. The smallest absolute Gasteiger partial charge is 0.336 e. The van der Waals surface area contributed by atoms with Gasteiger partial charge < -0.3 is 20.3 Å². The molecule has 3 N–H and O–H groups in total. The molecule has 0 saturated heterocycles. The van der Waals surface area contributed by atoms with Crippen LogP contribution in [0.3, 0.4) is 0 Å². The van der Waals surface area contributed by atoms with Crippen molar-refractivity contribution < 1.29 is 29.3 Å². The van der Waals surface area contributed by atoms with Crippen LogP contribution in [0.1, 0.15) is 52.7 Å². The number of fused-ring (bicyclic) bond motifs is 1. The molecule has 3 aromatic rings. The van der Waals surface area contributed by atoms with Gasteiger partial charge in [0.15, 0.2) is 0 Å². The second kappa shape index (κ2) is 10.4. The first-order valence-electron chi connectivity index (χ1n) is 11.0. The van der Waals surface area contributed by atoms with E-state index in [1.165, 1.54) is 25.3 Å². The average Bonchev–Trinajstić information content (AvgIpc) is 2.81. The molecular formula is C27H28N2O6. The maximum absolute atomic E-state index is 13.0. The number of phenolic OH excluding ortho intramolecular Hbond substituents is 1. The van der Waals surface area contributed by atoms with E-state index < -0.39 is 23.9 Å². The van der Waals surface area contributed by atoms with Gasteiger partial charge in [-0.2, -0.15) is 0 Å². The van der Waals surface area contributed by atoms with Gasteiger partial charge in [-0.3, -0.25) is 4.79 Å². The Morgan fingerprint density at radius 2 is 1.77 bits per heavy atom. The summed E-state index contributed by atoms with van der Waals surface area (Å²) in [4.78, 5) is 41.6. The number of aromatic hydroxyl groups is 1. The maximum atomic E-state index is 13.0. The molecule has 0 radical (unpaired) electrons. The fourth-order valence-corrected chi connectivity index (χ4v) is 3.42. The quantitative estimate of drug-likeness (QED) is 0.436. The highest BCUT2D eigenvalue weighted by Gasteiger charge is 2.24. The van der Waals surface area contributed by atoms with Gasteiger partial charge in [0.25, 0.3) is 5.91 Å². The van der Waals surface area contributed by atoms with Crippen LogP contribution >= 0.6 is 0 Å². The number of carbonyl (C=O) groups is 3. The van der Waals surface area contributed by atoms with Gasteiger partial charge in [-0.05, 0) is 46.9 Å². The molecule has 0 unspecified atom stereocenters. The topological polar surface area (TPSA) is 126 Å². The molecule has 1 atom stereocenters. The highest BCUT2D eigenvalue weighted by Crippen LogP contribution is 2.23. The number of nitrogens with one attached hydrogen (secondary N) is 1. The van der Waals surface area contributed by atoms with E-state index in [0.29, 0.717) is 16.5 Å². The van der Waals surface area contributed by atoms with Gasteiger partial charge in [0.2, 0.25) is 0 Å². The molecule has 0 aliphatic carbocycles. The van der Waals surface area contributed by atoms with Crippen molar-refractivity contribution in [3.8, 4) is 5.75 Å². The minimum absolute atomic E-state index is 0.0406. The Kier molecular flexibility index (Phi) is 7.54. The number of hydrogen-bond donors (Lipinski definition) is 3. The number of benzene rings is 2. The predicted octanol–water partition coefficient (Wildman–Crippen LogP) is 4.21. The summed E-state index contributed by atoms with van der Waals surface area (Å²) >= 11 is 0. The van der Waals surface area contributed by atoms with Crippen LogP contribution in [0.4, 0.5) is 0 Å². The third-order valence-corrected chi connectivity index (χ3v) is 5.24. The molecule has 8 heteroatoms. The molecule has 8 nitrogen and oxygen atoms in total. The second-order valence-corrected chi connectivity index (χ2v) is 9.26. The minimum atomic E-state index is -1.20. The molecule has 35 heavy (non-hydrogen) atoms. The lowest BCUT2D eigenvalue weighted by Crippen LogP contribution is -2.43. The molecular weight excluding hydrogens is 448 g/mol. The summed E-state index contributed by atoms with van der Waals surface area (Å²) < 4.78 is 4.81. The maximum Gasteiger partial charge on any atom is 0.336 e. The third kappa shape index (κ3) is 6.66. The van der Waals surface area contributed by atoms with Crippen molar-refractivity contribution >= 4 is 34.8 Å². The number of amides is 1. The molecule has 1 heterocycles. The Hall–Kier alpha value is -4.20. The standard InChI is InChI=1S/C27H28N2O6/c1-27(2,3)12-11-17-7-10-21-19(13-17)20(25(32)33)15-22(28-21)24(31)29-23(26(34)35-4)14-16-5-8-18(30)9-6-16/h5-13,15,23,30H,14H2,1-4H3,(H,29,31)(H,32,33)/b12-11+/t23-/m0/s1. The summed E-state index contributed by atoms with van der Waals surface area (Å²) in [6.07, 6.45) is 4.04. The normalized spacial score (nSPS) is 12.5. The molecule has 0 aliphatic rings. The van der Waals surface area contributed by atoms with Crippen LogP contribution in [0.2, 0.25) is 0 Å². The molecule has 1 aromatic heterocycles. The van der Waals surface area contributed by atoms with Gasteiger partial charge in [0, 0.05) is 11.8 Å². The number of nitrogens with zero attached hydrogens (tertiary/aromatic N) is 1. The van der Waals surface area contributed by atoms with E-state index in [4.69, 9.17) is 4.74 Å². The summed E-state index contributed by atoms with van der Waals surface area (Å²) in [6, 6.07) is 11.5. The molecule has 0 saturated carbocycles. The molecule has 0 fully saturated rings. The first-order valence-corrected chi connectivity index (χ1v) is 11.0. The minimum Gasteiger partial charge on any atom is -0.508 e. The molecule has 3 rings (SSSR count). The average molecular weight is 477 g/mol. The number of phenols is 1. The zero-order chi connectivity index (χ0) is 25.8. The number of aromatic nitrogens is 1. The molecule has 1 amide bonds. The molecule has 0 aliphatic heterocycles. The van der Waals surface area contributed by atoms with E-state index in [-0.39, 0.29) is 28.8 Å². The van der Waals surface area contributed by atoms with E-state index in [1.54, 1.807) is 30.3 Å². The van der Waals surface area contributed by atoms with Crippen LogP contribution in [-0.4, -0.2) is 46.2 Å². The molecule has 0 bridgehead atoms. The summed E-state index contributed by atoms with van der Waals surface area (Å²) in [7, 11) is 1.21. The van der Waals surface area contributed by atoms with Crippen LogP contribution in [0, 0.1) is 5.41 Å². The predicted molar refractivity (Wildman–Crippen MR) is 132 cm³/mol. The molecule has 2 aromatic carbocycles. The van der Waals surface area contributed by atoms with Crippen molar-refractivity contribution in [2.24, 2.45) is 5.41 Å². The van der Waals surface area contributed by atoms with Crippen LogP contribution < -0.4 is 5.32 Å². The highest BCUT2D eigenvalue weighted by atomic mass is 16.5. The van der Waals surface area contributed by atoms with Crippen LogP contribution in [0.25, 0.3) is 17.0 Å². The number of allylic oxidation sites excluding steroid dienone is 1. The number of carbonyl (C=O) groups excluding carboxylic acids is 2. The van der Waals surface area contributed by atoms with E-state index in [2.05, 4.69) is 31.1 Å². The van der Waals surface area contributed by atoms with E-state index in [0.717, 1.165) is 5.56 Å². The fraction of sp³-hybridized carbons (Fsp3) is 0.259.